The van der Waals surface area contributed by atoms with Gasteiger partial charge in [-0.15, -0.1) is 0 Å². The molecule has 0 aliphatic carbocycles. The minimum Gasteiger partial charge on any atom is -0.487 e. The summed E-state index contributed by atoms with van der Waals surface area (Å²) in [6.45, 7) is 2.36. The molecule has 1 N–H and O–H groups in total. The van der Waals surface area contributed by atoms with Gasteiger partial charge in [-0.3, -0.25) is 4.79 Å². The number of ether oxygens (including phenoxy) is 1. The third-order valence-corrected chi connectivity index (χ3v) is 7.22. The highest BCUT2D eigenvalue weighted by molar-refractivity contribution is 7.89. The number of nitrogens with one attached hydrogen (secondary N) is 1. The number of benzene rings is 2. The van der Waals surface area contributed by atoms with Crippen molar-refractivity contribution in [2.45, 2.75) is 25.0 Å². The summed E-state index contributed by atoms with van der Waals surface area (Å²) in [4.78, 5) is 17.4. The molecule has 4 rings (SSSR count). The van der Waals surface area contributed by atoms with Gasteiger partial charge >= 0.3 is 0 Å². The molecule has 2 heterocycles. The van der Waals surface area contributed by atoms with Crippen molar-refractivity contribution >= 4 is 21.6 Å². The molecule has 9 heteroatoms. The van der Waals surface area contributed by atoms with E-state index >= 15 is 0 Å². The van der Waals surface area contributed by atoms with Crippen LogP contribution in [0.2, 0.25) is 0 Å². The molecule has 0 bridgehead atoms. The first kappa shape index (κ1) is 23.5. The Hall–Kier alpha value is -3.69. The lowest BCUT2D eigenvalue weighted by molar-refractivity contribution is 0.0950. The van der Waals surface area contributed by atoms with Gasteiger partial charge in [0.2, 0.25) is 10.0 Å². The summed E-state index contributed by atoms with van der Waals surface area (Å²) in [5, 5.41) is 2.80. The van der Waals surface area contributed by atoms with Crippen molar-refractivity contribution < 1.29 is 17.9 Å². The van der Waals surface area contributed by atoms with Gasteiger partial charge in [0, 0.05) is 38.6 Å². The third-order valence-electron chi connectivity index (χ3n) is 5.30. The van der Waals surface area contributed by atoms with E-state index in [0.717, 1.165) is 21.2 Å². The molecule has 2 aromatic carbocycles. The Morgan fingerprint density at radius 1 is 1.06 bits per heavy atom. The number of hydrogen-bond donors (Lipinski definition) is 1. The maximum Gasteiger partial charge on any atom is 0.251 e. The normalized spacial score (nSPS) is 11.6. The number of aryl methyl sites for hydroxylation is 1. The fourth-order valence-electron chi connectivity index (χ4n) is 3.49. The minimum atomic E-state index is -3.62. The highest BCUT2D eigenvalue weighted by Crippen LogP contribution is 2.19. The number of aromatic nitrogens is 2. The van der Waals surface area contributed by atoms with Crippen molar-refractivity contribution in [1.82, 2.24) is 19.0 Å². The highest BCUT2D eigenvalue weighted by atomic mass is 32.2. The quantitative estimate of drug-likeness (QED) is 0.419. The number of hydrogen-bond acceptors (Lipinski definition) is 5. The van der Waals surface area contributed by atoms with Crippen LogP contribution in [0.1, 0.15) is 27.2 Å². The molecule has 0 aliphatic heterocycles. The number of fused-ring (bicyclic) bond motifs is 1. The van der Waals surface area contributed by atoms with Crippen LogP contribution < -0.4 is 10.1 Å². The van der Waals surface area contributed by atoms with Crippen LogP contribution in [-0.4, -0.2) is 42.1 Å². The summed E-state index contributed by atoms with van der Waals surface area (Å²) in [7, 11) is -0.667. The molecule has 0 unspecified atom stereocenters. The van der Waals surface area contributed by atoms with Crippen LogP contribution in [0, 0.1) is 6.92 Å². The summed E-state index contributed by atoms with van der Waals surface area (Å²) in [5.74, 6) is 0.210. The van der Waals surface area contributed by atoms with Gasteiger partial charge in [0.1, 0.15) is 18.0 Å². The van der Waals surface area contributed by atoms with E-state index in [9.17, 15) is 13.2 Å². The predicted octanol–water partition coefficient (Wildman–Crippen LogP) is 3.40. The first-order valence-corrected chi connectivity index (χ1v) is 12.1. The van der Waals surface area contributed by atoms with E-state index in [4.69, 9.17) is 4.74 Å². The van der Waals surface area contributed by atoms with Gasteiger partial charge in [0.15, 0.2) is 0 Å². The van der Waals surface area contributed by atoms with Crippen molar-refractivity contribution in [3.8, 4) is 5.75 Å². The first-order chi connectivity index (χ1) is 16.2. The minimum absolute atomic E-state index is 0.0772. The first-order valence-electron chi connectivity index (χ1n) is 10.7. The van der Waals surface area contributed by atoms with E-state index in [1.807, 2.05) is 35.9 Å². The van der Waals surface area contributed by atoms with Crippen molar-refractivity contribution in [2.24, 2.45) is 0 Å². The SMILES string of the molecule is Cc1ccc2nc(COc3cccc(C(=O)NCc4ccccc4S(=O)(=O)N(C)C)c3)cn2c1. The Bertz CT molecular complexity index is 1440. The zero-order valence-corrected chi connectivity index (χ0v) is 20.0. The molecule has 0 saturated heterocycles. The van der Waals surface area contributed by atoms with Gasteiger partial charge in [-0.05, 0) is 48.4 Å². The second-order valence-electron chi connectivity index (χ2n) is 8.10. The molecule has 0 atom stereocenters. The lowest BCUT2D eigenvalue weighted by atomic mass is 10.2. The van der Waals surface area contributed by atoms with Crippen LogP contribution in [0.4, 0.5) is 0 Å². The zero-order valence-electron chi connectivity index (χ0n) is 19.2. The number of imidazole rings is 1. The van der Waals surface area contributed by atoms with Crippen molar-refractivity contribution in [3.05, 3.63) is 95.4 Å². The van der Waals surface area contributed by atoms with E-state index < -0.39 is 10.0 Å². The average molecular weight is 479 g/mol. The number of sulfonamides is 1. The summed E-state index contributed by atoms with van der Waals surface area (Å²) >= 11 is 0. The maximum atomic E-state index is 12.7. The molecule has 0 spiro atoms. The molecular weight excluding hydrogens is 452 g/mol. The topological polar surface area (TPSA) is 93.0 Å². The van der Waals surface area contributed by atoms with Crippen LogP contribution in [0.3, 0.4) is 0 Å². The van der Waals surface area contributed by atoms with E-state index in [1.54, 1.807) is 42.5 Å². The number of pyridine rings is 1. The Morgan fingerprint density at radius 2 is 1.85 bits per heavy atom. The van der Waals surface area contributed by atoms with E-state index in [0.29, 0.717) is 16.9 Å². The average Bonchev–Trinajstić information content (AvgIpc) is 3.23. The molecule has 176 valence electrons. The Labute approximate surface area is 198 Å². The maximum absolute atomic E-state index is 12.7. The van der Waals surface area contributed by atoms with Crippen molar-refractivity contribution in [3.63, 3.8) is 0 Å². The highest BCUT2D eigenvalue weighted by Gasteiger charge is 2.21. The van der Waals surface area contributed by atoms with Crippen LogP contribution in [-0.2, 0) is 23.2 Å². The molecule has 0 aliphatic rings. The lowest BCUT2D eigenvalue weighted by Gasteiger charge is -2.15. The summed E-state index contributed by atoms with van der Waals surface area (Å²) in [6, 6.07) is 17.4. The van der Waals surface area contributed by atoms with Gasteiger partial charge in [-0.2, -0.15) is 0 Å². The summed E-state index contributed by atoms with van der Waals surface area (Å²) < 4.78 is 34.1. The molecule has 1 amide bonds. The number of carbonyl (C=O) groups excluding carboxylic acids is 1. The van der Waals surface area contributed by atoms with Crippen molar-refractivity contribution in [2.75, 3.05) is 14.1 Å². The fraction of sp³-hybridized carbons (Fsp3) is 0.200. The second kappa shape index (κ2) is 9.66. The summed E-state index contributed by atoms with van der Waals surface area (Å²) in [6.07, 6.45) is 3.91. The Kier molecular flexibility index (Phi) is 6.67. The van der Waals surface area contributed by atoms with Crippen LogP contribution in [0.25, 0.3) is 5.65 Å². The van der Waals surface area contributed by atoms with Crippen LogP contribution >= 0.6 is 0 Å². The number of amides is 1. The Balaban J connectivity index is 1.42. The molecule has 0 radical (unpaired) electrons. The summed E-state index contributed by atoms with van der Waals surface area (Å²) in [5.41, 5.74) is 3.68. The molecule has 2 aromatic heterocycles. The standard InChI is InChI=1S/C25H26N4O4S/c1-18-11-12-24-27-21(16-29(24)15-18)17-33-22-9-6-8-19(13-22)25(30)26-14-20-7-4-5-10-23(20)34(31,32)28(2)3/h4-13,15-16H,14,17H2,1-3H3,(H,26,30). The van der Waals surface area contributed by atoms with Gasteiger partial charge in [0.25, 0.3) is 5.91 Å². The largest absolute Gasteiger partial charge is 0.487 e. The fourth-order valence-corrected chi connectivity index (χ4v) is 4.60. The van der Waals surface area contributed by atoms with Crippen LogP contribution in [0.5, 0.6) is 5.75 Å². The third kappa shape index (κ3) is 5.11. The molecule has 8 nitrogen and oxygen atoms in total. The number of rotatable bonds is 8. The van der Waals surface area contributed by atoms with Gasteiger partial charge in [-0.1, -0.05) is 30.3 Å². The number of carbonyl (C=O) groups is 1. The number of nitrogens with zero attached hydrogens (tertiary/aromatic N) is 3. The van der Waals surface area contributed by atoms with Gasteiger partial charge in [-0.25, -0.2) is 17.7 Å². The smallest absolute Gasteiger partial charge is 0.251 e. The predicted molar refractivity (Wildman–Crippen MR) is 129 cm³/mol. The van der Waals surface area contributed by atoms with E-state index in [1.165, 1.54) is 20.2 Å². The van der Waals surface area contributed by atoms with Gasteiger partial charge in [0.05, 0.1) is 10.6 Å². The molecule has 4 aromatic rings. The molecule has 0 saturated carbocycles. The van der Waals surface area contributed by atoms with E-state index in [2.05, 4.69) is 10.3 Å². The van der Waals surface area contributed by atoms with Gasteiger partial charge < -0.3 is 14.5 Å². The monoisotopic (exact) mass is 478 g/mol. The molecular formula is C25H26N4O4S. The van der Waals surface area contributed by atoms with Crippen LogP contribution in [0.15, 0.2) is 78.0 Å². The van der Waals surface area contributed by atoms with Crippen molar-refractivity contribution in [1.29, 1.82) is 0 Å². The molecule has 0 fully saturated rings. The lowest BCUT2D eigenvalue weighted by Crippen LogP contribution is -2.27. The zero-order chi connectivity index (χ0) is 24.3. The second-order valence-corrected chi connectivity index (χ2v) is 10.2. The van der Waals surface area contributed by atoms with E-state index in [-0.39, 0.29) is 24.0 Å². The molecule has 34 heavy (non-hydrogen) atoms. The Morgan fingerprint density at radius 3 is 2.65 bits per heavy atom.